The van der Waals surface area contributed by atoms with E-state index in [2.05, 4.69) is 0 Å². The van der Waals surface area contributed by atoms with Crippen LogP contribution in [0.5, 0.6) is 11.5 Å². The van der Waals surface area contributed by atoms with E-state index in [4.69, 9.17) is 8.92 Å². The standard InChI is InChI=1S/C25H20N2O8S2/c1-16-10-12-19(13-11-16)37(32,33)35-23-17(7-5-9-21(23)34-2)14-22-24(28)26(25(29)36-22)15-18-6-3-4-8-20(18)27(30)31/h3-14H,15H2,1-2H3/b22-14-. The maximum Gasteiger partial charge on any atom is 0.339 e. The lowest BCUT2D eigenvalue weighted by Crippen LogP contribution is -2.27. The van der Waals surface area contributed by atoms with Crippen molar-refractivity contribution in [2.45, 2.75) is 18.4 Å². The number of imide groups is 1. The molecule has 0 N–H and O–H groups in total. The second-order valence-electron chi connectivity index (χ2n) is 7.88. The molecule has 0 atom stereocenters. The van der Waals surface area contributed by atoms with Crippen LogP contribution in [0.1, 0.15) is 16.7 Å². The van der Waals surface area contributed by atoms with E-state index in [-0.39, 0.29) is 44.7 Å². The number of para-hydroxylation sites is 2. The Labute approximate surface area is 216 Å². The largest absolute Gasteiger partial charge is 0.493 e. The van der Waals surface area contributed by atoms with Crippen LogP contribution in [-0.2, 0) is 21.5 Å². The number of hydrogen-bond donors (Lipinski definition) is 0. The zero-order valence-electron chi connectivity index (χ0n) is 19.6. The molecule has 0 saturated carbocycles. The van der Waals surface area contributed by atoms with Gasteiger partial charge in [-0.1, -0.05) is 48.0 Å². The molecule has 3 aromatic rings. The number of nitro benzene ring substituents is 1. The summed E-state index contributed by atoms with van der Waals surface area (Å²) in [6, 6.07) is 16.5. The third-order valence-corrected chi connectivity index (χ3v) is 7.55. The predicted molar refractivity (Wildman–Crippen MR) is 137 cm³/mol. The zero-order valence-corrected chi connectivity index (χ0v) is 21.2. The van der Waals surface area contributed by atoms with Crippen molar-refractivity contribution in [1.29, 1.82) is 0 Å². The molecule has 1 heterocycles. The summed E-state index contributed by atoms with van der Waals surface area (Å²) in [6.07, 6.45) is 1.33. The van der Waals surface area contributed by atoms with Crippen LogP contribution in [-0.4, -0.2) is 36.5 Å². The lowest BCUT2D eigenvalue weighted by atomic mass is 10.1. The number of rotatable bonds is 8. The number of carbonyl (C=O) groups excluding carboxylic acids is 2. The molecule has 0 aliphatic carbocycles. The molecule has 1 saturated heterocycles. The summed E-state index contributed by atoms with van der Waals surface area (Å²) in [7, 11) is -2.91. The Morgan fingerprint density at radius 2 is 1.73 bits per heavy atom. The molecule has 3 aromatic carbocycles. The van der Waals surface area contributed by atoms with E-state index in [0.717, 1.165) is 10.5 Å². The second kappa shape index (κ2) is 10.4. The number of nitrogens with zero attached hydrogens (tertiary/aromatic N) is 2. The third kappa shape index (κ3) is 5.49. The van der Waals surface area contributed by atoms with Gasteiger partial charge in [-0.15, -0.1) is 0 Å². The molecule has 0 spiro atoms. The normalized spacial score (nSPS) is 14.8. The maximum atomic E-state index is 13.1. The SMILES string of the molecule is COc1cccc(/C=C2\SC(=O)N(Cc3ccccc3[N+](=O)[O-])C2=O)c1OS(=O)(=O)c1ccc(C)cc1. The first-order valence-electron chi connectivity index (χ1n) is 10.8. The number of ether oxygens (including phenoxy) is 1. The lowest BCUT2D eigenvalue weighted by Gasteiger charge is -2.14. The highest BCUT2D eigenvalue weighted by atomic mass is 32.2. The Morgan fingerprint density at radius 3 is 2.41 bits per heavy atom. The van der Waals surface area contributed by atoms with Gasteiger partial charge < -0.3 is 8.92 Å². The molecule has 10 nitrogen and oxygen atoms in total. The number of methoxy groups -OCH3 is 1. The topological polar surface area (TPSA) is 133 Å². The van der Waals surface area contributed by atoms with Crippen LogP contribution < -0.4 is 8.92 Å². The Bertz CT molecular complexity index is 1530. The highest BCUT2D eigenvalue weighted by Gasteiger charge is 2.36. The summed E-state index contributed by atoms with van der Waals surface area (Å²) in [4.78, 5) is 37.2. The molecule has 0 unspecified atom stereocenters. The molecule has 0 aromatic heterocycles. The molecule has 1 aliphatic heterocycles. The van der Waals surface area contributed by atoms with Gasteiger partial charge in [0, 0.05) is 17.2 Å². The Morgan fingerprint density at radius 1 is 1.03 bits per heavy atom. The van der Waals surface area contributed by atoms with E-state index in [9.17, 15) is 28.1 Å². The average Bonchev–Trinajstić information content (AvgIpc) is 3.12. The van der Waals surface area contributed by atoms with Gasteiger partial charge in [0.2, 0.25) is 0 Å². The van der Waals surface area contributed by atoms with Gasteiger partial charge in [0.25, 0.3) is 16.8 Å². The van der Waals surface area contributed by atoms with Crippen molar-refractivity contribution < 1.29 is 31.9 Å². The molecular formula is C25H20N2O8S2. The van der Waals surface area contributed by atoms with Gasteiger partial charge in [0.05, 0.1) is 23.5 Å². The van der Waals surface area contributed by atoms with Crippen LogP contribution in [0.2, 0.25) is 0 Å². The van der Waals surface area contributed by atoms with E-state index in [1.807, 2.05) is 6.92 Å². The first-order chi connectivity index (χ1) is 17.6. The summed E-state index contributed by atoms with van der Waals surface area (Å²) < 4.78 is 36.6. The van der Waals surface area contributed by atoms with Crippen molar-refractivity contribution in [3.8, 4) is 11.5 Å². The molecule has 0 radical (unpaired) electrons. The molecule has 0 bridgehead atoms. The van der Waals surface area contributed by atoms with E-state index in [0.29, 0.717) is 11.8 Å². The summed E-state index contributed by atoms with van der Waals surface area (Å²) in [5.74, 6) is -0.733. The third-order valence-electron chi connectivity index (χ3n) is 5.41. The number of benzene rings is 3. The van der Waals surface area contributed by atoms with Gasteiger partial charge in [0.15, 0.2) is 11.5 Å². The molecule has 1 aliphatic rings. The number of amides is 2. The van der Waals surface area contributed by atoms with Gasteiger partial charge in [0.1, 0.15) is 4.90 Å². The fourth-order valence-electron chi connectivity index (χ4n) is 3.53. The monoisotopic (exact) mass is 540 g/mol. The number of thioether (sulfide) groups is 1. The minimum Gasteiger partial charge on any atom is -0.493 e. The number of hydrogen-bond acceptors (Lipinski definition) is 9. The van der Waals surface area contributed by atoms with Crippen molar-refractivity contribution in [2.75, 3.05) is 7.11 Å². The molecule has 12 heteroatoms. The van der Waals surface area contributed by atoms with E-state index < -0.39 is 26.2 Å². The van der Waals surface area contributed by atoms with Crippen molar-refractivity contribution in [3.63, 3.8) is 0 Å². The van der Waals surface area contributed by atoms with Gasteiger partial charge in [-0.2, -0.15) is 8.42 Å². The van der Waals surface area contributed by atoms with Crippen LogP contribution >= 0.6 is 11.8 Å². The minimum absolute atomic E-state index is 0.00517. The van der Waals surface area contributed by atoms with Gasteiger partial charge in [-0.05, 0) is 43.0 Å². The van der Waals surface area contributed by atoms with Crippen LogP contribution in [0.25, 0.3) is 6.08 Å². The Balaban J connectivity index is 1.67. The van der Waals surface area contributed by atoms with Crippen molar-refractivity contribution in [2.24, 2.45) is 0 Å². The fraction of sp³-hybridized carbons (Fsp3) is 0.120. The van der Waals surface area contributed by atoms with Crippen LogP contribution in [0, 0.1) is 17.0 Å². The van der Waals surface area contributed by atoms with E-state index in [1.54, 1.807) is 24.3 Å². The molecule has 2 amide bonds. The zero-order chi connectivity index (χ0) is 26.7. The second-order valence-corrected chi connectivity index (χ2v) is 10.4. The van der Waals surface area contributed by atoms with Crippen molar-refractivity contribution in [1.82, 2.24) is 4.90 Å². The summed E-state index contributed by atoms with van der Waals surface area (Å²) in [5.41, 5.74) is 1.04. The summed E-state index contributed by atoms with van der Waals surface area (Å²) in [5, 5.41) is 10.7. The first-order valence-corrected chi connectivity index (χ1v) is 13.0. The molecule has 1 fully saturated rings. The quantitative estimate of drug-likeness (QED) is 0.169. The Kier molecular flexibility index (Phi) is 7.32. The molecule has 190 valence electrons. The number of nitro groups is 1. The smallest absolute Gasteiger partial charge is 0.339 e. The average molecular weight is 541 g/mol. The van der Waals surface area contributed by atoms with Gasteiger partial charge in [-0.25, -0.2) is 0 Å². The van der Waals surface area contributed by atoms with E-state index >= 15 is 0 Å². The number of carbonyl (C=O) groups is 2. The molecule has 4 rings (SSSR count). The van der Waals surface area contributed by atoms with Crippen LogP contribution in [0.15, 0.2) is 76.5 Å². The Hall–Kier alpha value is -4.16. The predicted octanol–water partition coefficient (Wildman–Crippen LogP) is 4.92. The highest BCUT2D eigenvalue weighted by Crippen LogP contribution is 2.39. The fourth-order valence-corrected chi connectivity index (χ4v) is 5.32. The molecule has 37 heavy (non-hydrogen) atoms. The number of aryl methyl sites for hydroxylation is 1. The maximum absolute atomic E-state index is 13.1. The van der Waals surface area contributed by atoms with E-state index in [1.165, 1.54) is 55.7 Å². The van der Waals surface area contributed by atoms with Crippen molar-refractivity contribution in [3.05, 3.63) is 98.4 Å². The summed E-state index contributed by atoms with van der Waals surface area (Å²) >= 11 is 0.631. The summed E-state index contributed by atoms with van der Waals surface area (Å²) in [6.45, 7) is 1.53. The highest BCUT2D eigenvalue weighted by molar-refractivity contribution is 8.18. The van der Waals surface area contributed by atoms with Crippen LogP contribution in [0.4, 0.5) is 10.5 Å². The van der Waals surface area contributed by atoms with Gasteiger partial charge in [-0.3, -0.25) is 24.6 Å². The minimum atomic E-state index is -4.25. The van der Waals surface area contributed by atoms with Crippen LogP contribution in [0.3, 0.4) is 0 Å². The van der Waals surface area contributed by atoms with Crippen molar-refractivity contribution >= 4 is 44.8 Å². The van der Waals surface area contributed by atoms with Gasteiger partial charge >= 0.3 is 10.1 Å². The molecular weight excluding hydrogens is 520 g/mol. The lowest BCUT2D eigenvalue weighted by molar-refractivity contribution is -0.385. The first kappa shape index (κ1) is 25.9.